The van der Waals surface area contributed by atoms with Crippen LogP contribution in [-0.2, 0) is 150 Å². The van der Waals surface area contributed by atoms with Crippen molar-refractivity contribution in [3.05, 3.63) is 18.2 Å². The Balaban J connectivity index is 1.54. The summed E-state index contributed by atoms with van der Waals surface area (Å²) in [6, 6.07) is -14.3. The monoisotopic (exact) mass is 1590 g/mol. The van der Waals surface area contributed by atoms with Crippen molar-refractivity contribution < 1.29 is 148 Å². The van der Waals surface area contributed by atoms with Crippen LogP contribution < -0.4 is 53.6 Å². The zero-order chi connectivity index (χ0) is 83.8. The summed E-state index contributed by atoms with van der Waals surface area (Å²) >= 11 is 0. The molecule has 4 aliphatic heterocycles. The van der Waals surface area contributed by atoms with Crippen molar-refractivity contribution in [2.75, 3.05) is 53.1 Å². The number of imidazole rings is 1. The van der Waals surface area contributed by atoms with Crippen molar-refractivity contribution in [2.45, 2.75) is 237 Å². The van der Waals surface area contributed by atoms with Crippen LogP contribution in [0.25, 0.3) is 0 Å². The molecule has 1 aromatic rings. The van der Waals surface area contributed by atoms with E-state index in [1.54, 1.807) is 0 Å². The van der Waals surface area contributed by atoms with Crippen LogP contribution in [0.3, 0.4) is 0 Å². The van der Waals surface area contributed by atoms with Crippen LogP contribution in [0.2, 0.25) is 0 Å². The number of hydrogen-bond acceptors (Lipinski definition) is 32. The molecule has 5 rings (SSSR count). The average Bonchev–Trinajstić information content (AvgIpc) is 0.854. The molecule has 1 aromatic heterocycles. The highest BCUT2D eigenvalue weighted by Crippen LogP contribution is 2.39. The van der Waals surface area contributed by atoms with Crippen LogP contribution in [0.4, 0.5) is 0 Å². The lowest BCUT2D eigenvalue weighted by Gasteiger charge is -2.49. The number of carbonyl (C=O) groups excluding carboxylic acids is 19. The lowest BCUT2D eigenvalue weighted by atomic mass is 9.87. The molecule has 112 heavy (non-hydrogen) atoms. The number of aliphatic hydroxyl groups is 1. The first kappa shape index (κ1) is 91.6. The molecule has 45 heteroatoms. The first-order chi connectivity index (χ1) is 52.6. The van der Waals surface area contributed by atoms with E-state index in [1.807, 2.05) is 0 Å². The van der Waals surface area contributed by atoms with Gasteiger partial charge in [-0.3, -0.25) is 86.3 Å². The fourth-order valence-corrected chi connectivity index (χ4v) is 12.7. The number of aliphatic hydroxyl groups excluding tert-OH is 1. The molecular formula is C67H98N14O31. The molecule has 0 spiro atoms. The lowest BCUT2D eigenvalue weighted by Crippen LogP contribution is -2.70. The number of rotatable bonds is 37. The van der Waals surface area contributed by atoms with E-state index in [0.717, 1.165) is 81.2 Å². The minimum atomic E-state index is -3.01. The lowest BCUT2D eigenvalue weighted by molar-refractivity contribution is -0.335. The van der Waals surface area contributed by atoms with Crippen molar-refractivity contribution >= 4 is 113 Å². The molecule has 0 bridgehead atoms. The zero-order valence-electron chi connectivity index (χ0n) is 63.9. The number of H-pyrrole nitrogens is 1. The molecule has 622 valence electrons. The quantitative estimate of drug-likeness (QED) is 0.0217. The largest absolute Gasteiger partial charge is 0.465 e. The van der Waals surface area contributed by atoms with Crippen molar-refractivity contribution in [1.82, 2.24) is 67.6 Å². The van der Waals surface area contributed by atoms with Gasteiger partial charge in [0.25, 0.3) is 5.79 Å². The molecule has 45 nitrogen and oxygen atoms in total. The minimum absolute atomic E-state index is 0.0214. The Bertz CT molecular complexity index is 3640. The van der Waals surface area contributed by atoms with Crippen molar-refractivity contribution in [3.8, 4) is 0 Å². The van der Waals surface area contributed by atoms with Gasteiger partial charge >= 0.3 is 41.8 Å². The number of primary amides is 1. The highest BCUT2D eigenvalue weighted by Gasteiger charge is 2.61. The molecule has 0 aromatic carbocycles. The number of hydrogen-bond donors (Lipinski definition) is 12. The van der Waals surface area contributed by atoms with Crippen LogP contribution in [0.5, 0.6) is 0 Å². The van der Waals surface area contributed by atoms with E-state index in [4.69, 9.17) is 57.8 Å². The number of aromatic nitrogens is 2. The summed E-state index contributed by atoms with van der Waals surface area (Å²) in [5.41, 5.74) is 5.62. The minimum Gasteiger partial charge on any atom is -0.465 e. The summed E-state index contributed by atoms with van der Waals surface area (Å²) < 4.78 is 64.1. The van der Waals surface area contributed by atoms with Crippen LogP contribution >= 0.6 is 0 Å². The van der Waals surface area contributed by atoms with Gasteiger partial charge < -0.3 is 126 Å². The second kappa shape index (κ2) is 42.4. The van der Waals surface area contributed by atoms with Gasteiger partial charge in [0, 0.05) is 93.7 Å². The van der Waals surface area contributed by atoms with E-state index in [-0.39, 0.29) is 38.8 Å². The smallest absolute Gasteiger partial charge is 0.366 e. The molecule has 13 N–H and O–H groups in total. The number of nitrogens with zero attached hydrogens (tertiary/aromatic N) is 3. The number of esters is 7. The van der Waals surface area contributed by atoms with E-state index >= 15 is 4.79 Å². The molecule has 0 unspecified atom stereocenters. The summed E-state index contributed by atoms with van der Waals surface area (Å²) in [5, 5.41) is 32.1. The number of nitrogens with two attached hydrogens (primary N) is 1. The maximum Gasteiger partial charge on any atom is 0.366 e. The maximum absolute atomic E-state index is 15.1. The summed E-state index contributed by atoms with van der Waals surface area (Å²) in [6.45, 7) is 7.67. The third-order valence-electron chi connectivity index (χ3n) is 17.5. The number of nitrogens with one attached hydrogen (secondary N) is 10. The Morgan fingerprint density at radius 3 is 1.83 bits per heavy atom. The van der Waals surface area contributed by atoms with Gasteiger partial charge in [0.2, 0.25) is 70.9 Å². The highest BCUT2D eigenvalue weighted by atomic mass is 16.8. The van der Waals surface area contributed by atoms with Crippen molar-refractivity contribution in [2.24, 2.45) is 5.73 Å². The predicted molar refractivity (Wildman–Crippen MR) is 370 cm³/mol. The SMILES string of the molecule is COC(=O)[C@@]1(OC[C@H]2O[C@H](O[C@H](C)[C@H](NC(=O)[C@H](CO)NC(=O)CNC(C)=O)C(=O)N[C@@H](C)C(=O)N3CCC[C@H]3C(=O)N3CCC[C@H]3C(=O)N[C@@H](C)C(=O)N[C@@H](Cc3cnc[nH]3)C(=O)NCC(N)=O)[C@H](NC(C)=O)[C@@H](OC(C)=O)[C@H]2OC(C)=O)C[C@H](OC(C)=O)[C@@H](NC(C)=O)[C@H]([C@H](OC(C)=O)[C@@H](COC(C)=O)OC(C)=O)O1. The first-order valence-corrected chi connectivity index (χ1v) is 35.4. The van der Waals surface area contributed by atoms with Crippen LogP contribution in [0.1, 0.15) is 121 Å². The average molecular weight is 1600 g/mol. The number of likely N-dealkylation sites (tertiary alicyclic amines) is 2. The molecule has 0 radical (unpaired) electrons. The molecule has 0 saturated carbocycles. The molecular weight excluding hydrogens is 1500 g/mol. The molecule has 12 amide bonds. The van der Waals surface area contributed by atoms with Gasteiger partial charge in [-0.25, -0.2) is 9.78 Å². The van der Waals surface area contributed by atoms with Gasteiger partial charge in [0.15, 0.2) is 30.7 Å². The van der Waals surface area contributed by atoms with E-state index in [1.165, 1.54) is 31.3 Å². The zero-order valence-corrected chi connectivity index (χ0v) is 63.9. The molecule has 5 heterocycles. The fourth-order valence-electron chi connectivity index (χ4n) is 12.7. The van der Waals surface area contributed by atoms with Crippen LogP contribution in [0, 0.1) is 0 Å². The maximum atomic E-state index is 15.1. The Morgan fingerprint density at radius 2 is 1.27 bits per heavy atom. The third kappa shape index (κ3) is 26.6. The number of aromatic amines is 1. The third-order valence-corrected chi connectivity index (χ3v) is 17.5. The molecule has 0 aliphatic carbocycles. The van der Waals surface area contributed by atoms with Gasteiger partial charge in [-0.2, -0.15) is 0 Å². The van der Waals surface area contributed by atoms with Gasteiger partial charge in [0.05, 0.1) is 58.3 Å². The van der Waals surface area contributed by atoms with Gasteiger partial charge in [-0.1, -0.05) is 0 Å². The standard InChI is InChI=1S/C67H98N14O31/c1-29(58(94)78-42(20-41-22-69-28-72-41)59(95)71-23-49(68)92)73-61(97)44-16-14-18-80(44)64(100)45-17-15-19-81(45)63(99)30(2)74-62(98)51(79-60(96)43(25-82)77-50(93)24-70-32(4)83)31(3)105-65-53(76-34(6)85)56(110-40(12)91)54(108-38(10)89)48(111-65)27-104-67(66(101)102-13)21-46(106-36(8)87)52(75-33(5)84)57(112-67)55(109-39(11)90)47(107-37(9)88)26-103-35(7)86/h22,28-31,42-48,51-57,65,82H,14-21,23-27H2,1-13H3,(H2,68,92)(H,69,72)(H,70,83)(H,71,95)(H,73,97)(H,74,98)(H,75,84)(H,76,85)(H,77,93)(H,78,94)(H,79,96)/t29-,30-,31+,42-,43-,44-,45-,46-,47+,48+,51-,52+,53+,54-,55+,56+,57+,65-,67+/m0/s1. The van der Waals surface area contributed by atoms with E-state index in [9.17, 15) is 91.4 Å². The number of methoxy groups -OCH3 is 1. The van der Waals surface area contributed by atoms with E-state index < -0.39 is 267 Å². The van der Waals surface area contributed by atoms with Crippen molar-refractivity contribution in [3.63, 3.8) is 0 Å². The second-order valence-electron chi connectivity index (χ2n) is 26.6. The van der Waals surface area contributed by atoms with Crippen LogP contribution in [0.15, 0.2) is 12.5 Å². The second-order valence-corrected chi connectivity index (χ2v) is 26.6. The Kier molecular flexibility index (Phi) is 34.6. The Hall–Kier alpha value is -11.1. The molecule has 19 atom stereocenters. The molecule has 4 fully saturated rings. The number of amides is 12. The van der Waals surface area contributed by atoms with Crippen LogP contribution in [-0.4, -0.2) is 306 Å². The first-order valence-electron chi connectivity index (χ1n) is 35.4. The topological polar surface area (TPSA) is 616 Å². The van der Waals surface area contributed by atoms with E-state index in [0.29, 0.717) is 12.1 Å². The number of ether oxygens (including phenoxy) is 11. The summed E-state index contributed by atoms with van der Waals surface area (Å²) in [6.07, 6.45) is -15.4. The number of carbonyl (C=O) groups is 19. The molecule has 4 aliphatic rings. The van der Waals surface area contributed by atoms with Gasteiger partial charge in [0.1, 0.15) is 73.3 Å². The predicted octanol–water partition coefficient (Wildman–Crippen LogP) is -7.84. The summed E-state index contributed by atoms with van der Waals surface area (Å²) in [7, 11) is 0.835. The normalized spacial score (nSPS) is 24.0. The van der Waals surface area contributed by atoms with E-state index in [2.05, 4.69) is 57.8 Å². The van der Waals surface area contributed by atoms with Gasteiger partial charge in [-0.05, 0) is 46.5 Å². The molecule has 4 saturated heterocycles. The Labute approximate surface area is 640 Å². The summed E-state index contributed by atoms with van der Waals surface area (Å²) in [4.78, 5) is 263. The Morgan fingerprint density at radius 1 is 0.652 bits per heavy atom. The fraction of sp³-hybridized carbons (Fsp3) is 0.672. The summed E-state index contributed by atoms with van der Waals surface area (Å²) in [5.74, 6) is -21.9. The highest BCUT2D eigenvalue weighted by molar-refractivity contribution is 5.99. The van der Waals surface area contributed by atoms with Gasteiger partial charge in [-0.15, -0.1) is 0 Å². The van der Waals surface area contributed by atoms with Crippen molar-refractivity contribution in [1.29, 1.82) is 0 Å².